The molecule has 1 aliphatic heterocycles. The maximum absolute atomic E-state index is 14.2. The fraction of sp³-hybridized carbons (Fsp3) is 0.476. The van der Waals surface area contributed by atoms with Crippen molar-refractivity contribution in [3.05, 3.63) is 47.1 Å². The SMILES string of the molecule is CCNC(=NCc1ccc(N(C)C)c(F)c1)NC1CCN(c2cccs2)CC1.I. The number of hydrogen-bond donors (Lipinski definition) is 2. The van der Waals surface area contributed by atoms with Crippen LogP contribution in [0.5, 0.6) is 0 Å². The van der Waals surface area contributed by atoms with E-state index in [-0.39, 0.29) is 29.8 Å². The van der Waals surface area contributed by atoms with E-state index in [1.54, 1.807) is 28.4 Å². The largest absolute Gasteiger partial charge is 0.375 e. The highest BCUT2D eigenvalue weighted by Crippen LogP contribution is 2.24. The second-order valence-electron chi connectivity index (χ2n) is 7.23. The number of piperidine rings is 1. The molecular formula is C21H31FIN5S. The summed E-state index contributed by atoms with van der Waals surface area (Å²) in [5.41, 5.74) is 1.46. The van der Waals surface area contributed by atoms with Crippen molar-refractivity contribution < 1.29 is 4.39 Å². The summed E-state index contributed by atoms with van der Waals surface area (Å²) in [5.74, 6) is 0.589. The molecule has 2 heterocycles. The van der Waals surface area contributed by atoms with Crippen molar-refractivity contribution >= 4 is 52.0 Å². The van der Waals surface area contributed by atoms with E-state index >= 15 is 0 Å². The van der Waals surface area contributed by atoms with E-state index in [4.69, 9.17) is 0 Å². The minimum absolute atomic E-state index is 0. The van der Waals surface area contributed by atoms with E-state index in [2.05, 4.69) is 45.0 Å². The van der Waals surface area contributed by atoms with Crippen LogP contribution in [0.3, 0.4) is 0 Å². The minimum atomic E-state index is -0.211. The van der Waals surface area contributed by atoms with Gasteiger partial charge < -0.3 is 20.4 Å². The van der Waals surface area contributed by atoms with Gasteiger partial charge in [0.2, 0.25) is 0 Å². The number of hydrogen-bond acceptors (Lipinski definition) is 4. The molecule has 1 fully saturated rings. The zero-order valence-corrected chi connectivity index (χ0v) is 20.5. The normalized spacial score (nSPS) is 15.0. The minimum Gasteiger partial charge on any atom is -0.375 e. The van der Waals surface area contributed by atoms with Crippen LogP contribution >= 0.6 is 35.3 Å². The van der Waals surface area contributed by atoms with Gasteiger partial charge in [-0.3, -0.25) is 0 Å². The molecule has 0 atom stereocenters. The van der Waals surface area contributed by atoms with Crippen molar-refractivity contribution in [2.75, 3.05) is 43.5 Å². The molecule has 1 aliphatic rings. The quantitative estimate of drug-likeness (QED) is 0.332. The molecular weight excluding hydrogens is 500 g/mol. The standard InChI is InChI=1S/C21H30FN5S.HI/c1-4-23-21(24-15-16-7-8-19(26(2)3)18(22)14-16)25-17-9-11-27(12-10-17)20-6-5-13-28-20;/h5-8,13-14,17H,4,9-12,15H2,1-3H3,(H2,23,24,25);1H. The zero-order chi connectivity index (χ0) is 19.9. The van der Waals surface area contributed by atoms with Crippen molar-refractivity contribution in [1.29, 1.82) is 0 Å². The van der Waals surface area contributed by atoms with Gasteiger partial charge in [0.15, 0.2) is 5.96 Å². The monoisotopic (exact) mass is 531 g/mol. The van der Waals surface area contributed by atoms with E-state index in [1.807, 2.05) is 20.2 Å². The summed E-state index contributed by atoms with van der Waals surface area (Å²) in [7, 11) is 3.68. The number of nitrogens with zero attached hydrogens (tertiary/aromatic N) is 3. The van der Waals surface area contributed by atoms with Crippen molar-refractivity contribution in [2.45, 2.75) is 32.4 Å². The molecule has 0 bridgehead atoms. The number of benzene rings is 1. The van der Waals surface area contributed by atoms with Crippen LogP contribution in [0.25, 0.3) is 0 Å². The Hall–Kier alpha value is -1.55. The number of anilines is 2. The summed E-state index contributed by atoms with van der Waals surface area (Å²) in [6.45, 7) is 5.41. The number of guanidine groups is 1. The lowest BCUT2D eigenvalue weighted by molar-refractivity contribution is 0.463. The Morgan fingerprint density at radius 3 is 2.62 bits per heavy atom. The lowest BCUT2D eigenvalue weighted by Crippen LogP contribution is -2.48. The molecule has 2 aromatic rings. The first-order valence-electron chi connectivity index (χ1n) is 9.86. The van der Waals surface area contributed by atoms with Crippen molar-refractivity contribution in [3.63, 3.8) is 0 Å². The van der Waals surface area contributed by atoms with Gasteiger partial charge >= 0.3 is 0 Å². The molecule has 5 nitrogen and oxygen atoms in total. The summed E-state index contributed by atoms with van der Waals surface area (Å²) in [6, 6.07) is 10.0. The number of aliphatic imine (C=N–C) groups is 1. The third kappa shape index (κ3) is 6.74. The first kappa shape index (κ1) is 23.7. The van der Waals surface area contributed by atoms with Crippen molar-refractivity contribution in [2.24, 2.45) is 4.99 Å². The van der Waals surface area contributed by atoms with Gasteiger partial charge in [-0.05, 0) is 55.0 Å². The van der Waals surface area contributed by atoms with E-state index in [9.17, 15) is 4.39 Å². The molecule has 0 spiro atoms. The van der Waals surface area contributed by atoms with E-state index < -0.39 is 0 Å². The third-order valence-electron chi connectivity index (χ3n) is 4.91. The maximum atomic E-state index is 14.2. The number of thiophene rings is 1. The molecule has 0 unspecified atom stereocenters. The van der Waals surface area contributed by atoms with Crippen molar-refractivity contribution in [1.82, 2.24) is 10.6 Å². The molecule has 1 saturated heterocycles. The number of rotatable bonds is 6. The Morgan fingerprint density at radius 1 is 1.28 bits per heavy atom. The lowest BCUT2D eigenvalue weighted by atomic mass is 10.1. The number of halogens is 2. The first-order chi connectivity index (χ1) is 13.6. The summed E-state index contributed by atoms with van der Waals surface area (Å²) >= 11 is 1.80. The summed E-state index contributed by atoms with van der Waals surface area (Å²) in [6.07, 6.45) is 2.16. The molecule has 0 radical (unpaired) electrons. The topological polar surface area (TPSA) is 42.9 Å². The highest BCUT2D eigenvalue weighted by atomic mass is 127. The second kappa shape index (κ2) is 11.6. The van der Waals surface area contributed by atoms with Crippen molar-refractivity contribution in [3.8, 4) is 0 Å². The smallest absolute Gasteiger partial charge is 0.191 e. The van der Waals surface area contributed by atoms with Gasteiger partial charge in [-0.1, -0.05) is 6.07 Å². The molecule has 29 heavy (non-hydrogen) atoms. The summed E-state index contributed by atoms with van der Waals surface area (Å²) in [5, 5.41) is 10.3. The molecule has 1 aromatic heterocycles. The Labute approximate surface area is 194 Å². The molecule has 0 saturated carbocycles. The van der Waals surface area contributed by atoms with E-state index in [0.717, 1.165) is 44.0 Å². The average molecular weight is 531 g/mol. The molecule has 1 aromatic carbocycles. The fourth-order valence-corrected chi connectivity index (χ4v) is 4.17. The van der Waals surface area contributed by atoms with Gasteiger partial charge in [0.25, 0.3) is 0 Å². The Kier molecular flexibility index (Phi) is 9.48. The van der Waals surface area contributed by atoms with Crippen LogP contribution < -0.4 is 20.4 Å². The van der Waals surface area contributed by atoms with Gasteiger partial charge in [-0.2, -0.15) is 0 Å². The summed E-state index contributed by atoms with van der Waals surface area (Å²) < 4.78 is 14.2. The van der Waals surface area contributed by atoms with E-state index in [1.165, 1.54) is 5.00 Å². The van der Waals surface area contributed by atoms with Gasteiger partial charge in [0.1, 0.15) is 5.82 Å². The van der Waals surface area contributed by atoms with Crippen LogP contribution in [0.15, 0.2) is 40.7 Å². The predicted octanol–water partition coefficient (Wildman–Crippen LogP) is 4.30. The second-order valence-corrected chi connectivity index (χ2v) is 8.16. The van der Waals surface area contributed by atoms with Gasteiger partial charge in [0.05, 0.1) is 17.2 Å². The zero-order valence-electron chi connectivity index (χ0n) is 17.3. The molecule has 3 rings (SSSR count). The van der Waals surface area contributed by atoms with Gasteiger partial charge in [0, 0.05) is 39.8 Å². The molecule has 2 N–H and O–H groups in total. The Morgan fingerprint density at radius 2 is 2.03 bits per heavy atom. The van der Waals surface area contributed by atoms with Crippen LogP contribution in [0.4, 0.5) is 15.1 Å². The summed E-state index contributed by atoms with van der Waals surface area (Å²) in [4.78, 5) is 8.89. The third-order valence-corrected chi connectivity index (χ3v) is 5.84. The Balaban J connectivity index is 0.00000300. The first-order valence-corrected chi connectivity index (χ1v) is 10.7. The van der Waals surface area contributed by atoms with Gasteiger partial charge in [-0.15, -0.1) is 35.3 Å². The van der Waals surface area contributed by atoms with Crippen LogP contribution in [0.2, 0.25) is 0 Å². The van der Waals surface area contributed by atoms with Crippen LogP contribution in [-0.4, -0.2) is 45.7 Å². The van der Waals surface area contributed by atoms with Gasteiger partial charge in [-0.25, -0.2) is 9.38 Å². The molecule has 0 aliphatic carbocycles. The fourth-order valence-electron chi connectivity index (χ4n) is 3.39. The number of nitrogens with one attached hydrogen (secondary N) is 2. The lowest BCUT2D eigenvalue weighted by Gasteiger charge is -2.33. The molecule has 160 valence electrons. The highest BCUT2D eigenvalue weighted by molar-refractivity contribution is 14.0. The molecule has 0 amide bonds. The van der Waals surface area contributed by atoms with Crippen LogP contribution in [0, 0.1) is 5.82 Å². The van der Waals surface area contributed by atoms with E-state index in [0.29, 0.717) is 18.3 Å². The van der Waals surface area contributed by atoms with Crippen LogP contribution in [-0.2, 0) is 6.54 Å². The maximum Gasteiger partial charge on any atom is 0.191 e. The molecule has 8 heteroatoms. The highest BCUT2D eigenvalue weighted by Gasteiger charge is 2.20. The predicted molar refractivity (Wildman–Crippen MR) is 134 cm³/mol. The Bertz CT molecular complexity index is 773. The average Bonchev–Trinajstić information content (AvgIpc) is 3.21. The van der Waals surface area contributed by atoms with Crippen LogP contribution in [0.1, 0.15) is 25.3 Å².